The van der Waals surface area contributed by atoms with Gasteiger partial charge in [-0.25, -0.2) is 0 Å². The number of aliphatic hydroxyl groups is 1. The highest BCUT2D eigenvalue weighted by Gasteiger charge is 2.15. The molecule has 0 fully saturated rings. The van der Waals surface area contributed by atoms with Crippen molar-refractivity contribution in [2.24, 2.45) is 11.8 Å². The first-order valence-electron chi connectivity index (χ1n) is 6.51. The molecule has 1 aromatic carbocycles. The molecule has 1 atom stereocenters. The van der Waals surface area contributed by atoms with E-state index in [2.05, 4.69) is 17.2 Å². The van der Waals surface area contributed by atoms with Gasteiger partial charge in [-0.1, -0.05) is 44.7 Å². The second kappa shape index (κ2) is 7.60. The maximum atomic E-state index is 11.8. The SMILES string of the molecule is CC(C)C(C)C(=O)NCc1ccc(C#CCO)cc1. The third-order valence-electron chi connectivity index (χ3n) is 3.15. The van der Waals surface area contributed by atoms with Crippen LogP contribution in [0.5, 0.6) is 0 Å². The third-order valence-corrected chi connectivity index (χ3v) is 3.15. The number of aliphatic hydroxyl groups excluding tert-OH is 1. The summed E-state index contributed by atoms with van der Waals surface area (Å²) in [5.74, 6) is 5.88. The monoisotopic (exact) mass is 259 g/mol. The first-order chi connectivity index (χ1) is 9.04. The lowest BCUT2D eigenvalue weighted by Crippen LogP contribution is -2.31. The van der Waals surface area contributed by atoms with Gasteiger partial charge in [0.1, 0.15) is 6.61 Å². The van der Waals surface area contributed by atoms with E-state index >= 15 is 0 Å². The molecule has 0 bridgehead atoms. The van der Waals surface area contributed by atoms with E-state index in [9.17, 15) is 4.79 Å². The smallest absolute Gasteiger partial charge is 0.223 e. The standard InChI is InChI=1S/C16H21NO2/c1-12(2)13(3)16(19)17-11-15-8-6-14(7-9-15)5-4-10-18/h6-9,12-13,18H,10-11H2,1-3H3,(H,17,19). The zero-order valence-corrected chi connectivity index (χ0v) is 11.7. The first-order valence-corrected chi connectivity index (χ1v) is 6.51. The summed E-state index contributed by atoms with van der Waals surface area (Å²) in [6.45, 7) is 6.42. The van der Waals surface area contributed by atoms with Crippen LogP contribution in [-0.4, -0.2) is 17.6 Å². The van der Waals surface area contributed by atoms with Crippen LogP contribution in [0.15, 0.2) is 24.3 Å². The van der Waals surface area contributed by atoms with Gasteiger partial charge in [-0.15, -0.1) is 0 Å². The number of hydrogen-bond acceptors (Lipinski definition) is 2. The van der Waals surface area contributed by atoms with Crippen molar-refractivity contribution in [3.63, 3.8) is 0 Å². The van der Waals surface area contributed by atoms with Crippen molar-refractivity contribution >= 4 is 5.91 Å². The topological polar surface area (TPSA) is 49.3 Å². The van der Waals surface area contributed by atoms with Crippen LogP contribution in [0, 0.1) is 23.7 Å². The summed E-state index contributed by atoms with van der Waals surface area (Å²) < 4.78 is 0. The maximum absolute atomic E-state index is 11.8. The Morgan fingerprint density at radius 3 is 2.42 bits per heavy atom. The van der Waals surface area contributed by atoms with Crippen molar-refractivity contribution in [2.75, 3.05) is 6.61 Å². The molecule has 0 radical (unpaired) electrons. The van der Waals surface area contributed by atoms with Crippen molar-refractivity contribution in [3.8, 4) is 11.8 Å². The molecular weight excluding hydrogens is 238 g/mol. The molecule has 102 valence electrons. The van der Waals surface area contributed by atoms with Crippen LogP contribution in [0.1, 0.15) is 31.9 Å². The molecule has 1 rings (SSSR count). The molecule has 3 nitrogen and oxygen atoms in total. The summed E-state index contributed by atoms with van der Waals surface area (Å²) in [6, 6.07) is 7.63. The lowest BCUT2D eigenvalue weighted by atomic mass is 9.97. The second-order valence-electron chi connectivity index (χ2n) is 4.91. The van der Waals surface area contributed by atoms with Crippen LogP contribution >= 0.6 is 0 Å². The molecule has 1 amide bonds. The van der Waals surface area contributed by atoms with Crippen LogP contribution in [0.4, 0.5) is 0 Å². The molecular formula is C16H21NO2. The minimum Gasteiger partial charge on any atom is -0.384 e. The number of rotatable bonds is 4. The third kappa shape index (κ3) is 5.15. The predicted molar refractivity (Wildman–Crippen MR) is 76.3 cm³/mol. The Morgan fingerprint density at radius 2 is 1.89 bits per heavy atom. The predicted octanol–water partition coefficient (Wildman–Crippen LogP) is 1.94. The molecule has 0 spiro atoms. The number of benzene rings is 1. The zero-order chi connectivity index (χ0) is 14.3. The first kappa shape index (κ1) is 15.3. The van der Waals surface area contributed by atoms with E-state index < -0.39 is 0 Å². The summed E-state index contributed by atoms with van der Waals surface area (Å²) in [5, 5.41) is 11.5. The van der Waals surface area contributed by atoms with Crippen molar-refractivity contribution in [2.45, 2.75) is 27.3 Å². The zero-order valence-electron chi connectivity index (χ0n) is 11.7. The van der Waals surface area contributed by atoms with E-state index in [4.69, 9.17) is 5.11 Å². The lowest BCUT2D eigenvalue weighted by molar-refractivity contribution is -0.125. The Morgan fingerprint density at radius 1 is 1.26 bits per heavy atom. The Kier molecular flexibility index (Phi) is 6.11. The largest absolute Gasteiger partial charge is 0.384 e. The number of carbonyl (C=O) groups excluding carboxylic acids is 1. The second-order valence-corrected chi connectivity index (χ2v) is 4.91. The van der Waals surface area contributed by atoms with E-state index in [1.807, 2.05) is 45.0 Å². The molecule has 0 saturated carbocycles. The van der Waals surface area contributed by atoms with E-state index in [1.54, 1.807) is 0 Å². The highest BCUT2D eigenvalue weighted by Crippen LogP contribution is 2.10. The fraction of sp³-hybridized carbons (Fsp3) is 0.438. The molecule has 3 heteroatoms. The minimum atomic E-state index is -0.134. The van der Waals surface area contributed by atoms with Crippen molar-refractivity contribution < 1.29 is 9.90 Å². The highest BCUT2D eigenvalue weighted by molar-refractivity contribution is 5.78. The van der Waals surface area contributed by atoms with E-state index in [-0.39, 0.29) is 18.4 Å². The van der Waals surface area contributed by atoms with Gasteiger partial charge in [0.2, 0.25) is 5.91 Å². The Bertz CT molecular complexity index is 466. The van der Waals surface area contributed by atoms with Crippen LogP contribution in [0.3, 0.4) is 0 Å². The van der Waals surface area contributed by atoms with Crippen LogP contribution < -0.4 is 5.32 Å². The van der Waals surface area contributed by atoms with Gasteiger partial charge < -0.3 is 10.4 Å². The van der Waals surface area contributed by atoms with Gasteiger partial charge in [-0.2, -0.15) is 0 Å². The normalized spacial score (nSPS) is 11.6. The van der Waals surface area contributed by atoms with E-state index in [1.165, 1.54) is 0 Å². The highest BCUT2D eigenvalue weighted by atomic mass is 16.2. The molecule has 1 aromatic rings. The number of hydrogen-bond donors (Lipinski definition) is 2. The fourth-order valence-corrected chi connectivity index (χ4v) is 1.50. The van der Waals surface area contributed by atoms with Crippen LogP contribution in [0.2, 0.25) is 0 Å². The Hall–Kier alpha value is -1.79. The van der Waals surface area contributed by atoms with Gasteiger partial charge in [0, 0.05) is 18.0 Å². The average molecular weight is 259 g/mol. The minimum absolute atomic E-state index is 0.0229. The fourth-order valence-electron chi connectivity index (χ4n) is 1.50. The molecule has 0 aromatic heterocycles. The molecule has 0 aliphatic heterocycles. The summed E-state index contributed by atoms with van der Waals surface area (Å²) in [7, 11) is 0. The number of nitrogens with one attached hydrogen (secondary N) is 1. The van der Waals surface area contributed by atoms with Gasteiger partial charge in [0.05, 0.1) is 0 Å². The summed E-state index contributed by atoms with van der Waals surface area (Å²) in [4.78, 5) is 11.8. The molecule has 0 aliphatic rings. The summed E-state index contributed by atoms with van der Waals surface area (Å²) in [5.41, 5.74) is 1.90. The molecule has 0 aliphatic carbocycles. The van der Waals surface area contributed by atoms with E-state index in [0.29, 0.717) is 12.5 Å². The molecule has 19 heavy (non-hydrogen) atoms. The summed E-state index contributed by atoms with van der Waals surface area (Å²) >= 11 is 0. The molecule has 2 N–H and O–H groups in total. The van der Waals surface area contributed by atoms with Crippen LogP contribution in [-0.2, 0) is 11.3 Å². The van der Waals surface area contributed by atoms with Gasteiger partial charge in [0.15, 0.2) is 0 Å². The maximum Gasteiger partial charge on any atom is 0.223 e. The molecule has 1 unspecified atom stereocenters. The van der Waals surface area contributed by atoms with E-state index in [0.717, 1.165) is 11.1 Å². The lowest BCUT2D eigenvalue weighted by Gasteiger charge is -2.15. The Balaban J connectivity index is 2.52. The van der Waals surface area contributed by atoms with Crippen molar-refractivity contribution in [3.05, 3.63) is 35.4 Å². The van der Waals surface area contributed by atoms with Gasteiger partial charge >= 0.3 is 0 Å². The Labute approximate surface area is 115 Å². The van der Waals surface area contributed by atoms with Crippen LogP contribution in [0.25, 0.3) is 0 Å². The quantitative estimate of drug-likeness (QED) is 0.812. The number of amides is 1. The van der Waals surface area contributed by atoms with Gasteiger partial charge in [-0.3, -0.25) is 4.79 Å². The number of carbonyl (C=O) groups is 1. The van der Waals surface area contributed by atoms with Gasteiger partial charge in [-0.05, 0) is 23.6 Å². The molecule has 0 saturated heterocycles. The van der Waals surface area contributed by atoms with Crippen molar-refractivity contribution in [1.82, 2.24) is 5.32 Å². The van der Waals surface area contributed by atoms with Gasteiger partial charge in [0.25, 0.3) is 0 Å². The average Bonchev–Trinajstić information content (AvgIpc) is 2.42. The summed E-state index contributed by atoms with van der Waals surface area (Å²) in [6.07, 6.45) is 0. The molecule has 0 heterocycles. The van der Waals surface area contributed by atoms with Crippen molar-refractivity contribution in [1.29, 1.82) is 0 Å².